The van der Waals surface area contributed by atoms with E-state index in [2.05, 4.69) is 44.3 Å². The predicted octanol–water partition coefficient (Wildman–Crippen LogP) is 2.43. The van der Waals surface area contributed by atoms with Gasteiger partial charge in [0.2, 0.25) is 0 Å². The lowest BCUT2D eigenvalue weighted by Crippen LogP contribution is -2.57. The van der Waals surface area contributed by atoms with Crippen molar-refractivity contribution in [2.75, 3.05) is 37.4 Å². The number of aryl methyl sites for hydroxylation is 1. The summed E-state index contributed by atoms with van der Waals surface area (Å²) in [4.78, 5) is 30.7. The van der Waals surface area contributed by atoms with Gasteiger partial charge in [-0.05, 0) is 38.4 Å². The van der Waals surface area contributed by atoms with E-state index in [-0.39, 0.29) is 5.91 Å². The van der Waals surface area contributed by atoms with Crippen molar-refractivity contribution in [2.45, 2.75) is 6.04 Å². The first-order valence-corrected chi connectivity index (χ1v) is 10.4. The second-order valence-corrected chi connectivity index (χ2v) is 8.24. The number of nitrogens with zero attached hydrogens (tertiary/aromatic N) is 7. The number of carbonyl (C=O) groups excluding carboxylic acids is 1. The highest BCUT2D eigenvalue weighted by Gasteiger charge is 2.29. The lowest BCUT2D eigenvalue weighted by atomic mass is 10.1. The molecule has 1 aliphatic rings. The summed E-state index contributed by atoms with van der Waals surface area (Å²) in [7, 11) is 6.02. The first kappa shape index (κ1) is 20.1. The number of hydrogen-bond donors (Lipinski definition) is 1. The summed E-state index contributed by atoms with van der Waals surface area (Å²) in [5.41, 5.74) is 3.05. The third-order valence-corrected chi connectivity index (χ3v) is 5.74. The van der Waals surface area contributed by atoms with Crippen molar-refractivity contribution in [3.63, 3.8) is 0 Å². The number of carbonyl (C=O) groups is 1. The fourth-order valence-corrected chi connectivity index (χ4v) is 3.69. The summed E-state index contributed by atoms with van der Waals surface area (Å²) in [6, 6.07) is 9.73. The third-order valence-electron chi connectivity index (χ3n) is 5.74. The molecule has 0 radical (unpaired) electrons. The van der Waals surface area contributed by atoms with Crippen molar-refractivity contribution in [1.82, 2.24) is 29.6 Å². The molecule has 5 heterocycles. The van der Waals surface area contributed by atoms with E-state index in [1.54, 1.807) is 35.4 Å². The van der Waals surface area contributed by atoms with Crippen LogP contribution in [-0.2, 0) is 7.05 Å². The van der Waals surface area contributed by atoms with E-state index in [1.165, 1.54) is 0 Å². The minimum absolute atomic E-state index is 0.228. The molecule has 9 nitrogen and oxygen atoms in total. The van der Waals surface area contributed by atoms with Crippen LogP contribution in [0.2, 0.25) is 0 Å². The van der Waals surface area contributed by atoms with Gasteiger partial charge in [-0.1, -0.05) is 0 Å². The van der Waals surface area contributed by atoms with Gasteiger partial charge >= 0.3 is 0 Å². The fraction of sp³-hybridized carbons (Fsp3) is 0.261. The lowest BCUT2D eigenvalue weighted by molar-refractivity contribution is 0.102. The number of anilines is 2. The van der Waals surface area contributed by atoms with Crippen LogP contribution in [0.1, 0.15) is 10.4 Å². The highest BCUT2D eigenvalue weighted by atomic mass is 16.1. The average molecular weight is 429 g/mol. The molecule has 0 unspecified atom stereocenters. The van der Waals surface area contributed by atoms with Gasteiger partial charge < -0.3 is 15.1 Å². The highest BCUT2D eigenvalue weighted by molar-refractivity contribution is 6.04. The van der Waals surface area contributed by atoms with E-state index in [9.17, 15) is 4.79 Å². The summed E-state index contributed by atoms with van der Waals surface area (Å²) in [5, 5.41) is 7.98. The van der Waals surface area contributed by atoms with E-state index < -0.39 is 0 Å². The molecule has 9 heteroatoms. The predicted molar refractivity (Wildman–Crippen MR) is 124 cm³/mol. The Balaban J connectivity index is 1.34. The summed E-state index contributed by atoms with van der Waals surface area (Å²) < 4.78 is 1.74. The molecule has 4 aromatic rings. The van der Waals surface area contributed by atoms with Gasteiger partial charge in [-0.15, -0.1) is 0 Å². The standard InChI is InChI=1S/C23H24N8O/c1-29(2)18-13-31(14-18)22-8-15(6-7-24-22)23(32)28-21-9-20-16(10-25-21)4-5-19(27-20)17-11-26-30(3)12-17/h4-12,18H,13-14H2,1-3H3,(H,25,28,32). The smallest absolute Gasteiger partial charge is 0.257 e. The Morgan fingerprint density at radius 3 is 2.72 bits per heavy atom. The zero-order valence-electron chi connectivity index (χ0n) is 18.2. The Hall–Kier alpha value is -3.85. The maximum absolute atomic E-state index is 12.9. The molecule has 162 valence electrons. The number of aromatic nitrogens is 5. The van der Waals surface area contributed by atoms with Crippen LogP contribution in [-0.4, -0.2) is 68.8 Å². The number of fused-ring (bicyclic) bond motifs is 1. The molecule has 0 aliphatic carbocycles. The van der Waals surface area contributed by atoms with Crippen molar-refractivity contribution in [2.24, 2.45) is 7.05 Å². The van der Waals surface area contributed by atoms with Crippen molar-refractivity contribution in [3.05, 3.63) is 60.7 Å². The Morgan fingerprint density at radius 1 is 1.12 bits per heavy atom. The number of nitrogens with one attached hydrogen (secondary N) is 1. The Labute approximate surface area is 185 Å². The summed E-state index contributed by atoms with van der Waals surface area (Å²) in [6.07, 6.45) is 7.07. The zero-order chi connectivity index (χ0) is 22.2. The molecule has 0 spiro atoms. The van der Waals surface area contributed by atoms with E-state index >= 15 is 0 Å². The van der Waals surface area contributed by atoms with Gasteiger partial charge in [0.15, 0.2) is 0 Å². The van der Waals surface area contributed by atoms with Crippen molar-refractivity contribution >= 4 is 28.4 Å². The van der Waals surface area contributed by atoms with Gasteiger partial charge in [-0.2, -0.15) is 5.10 Å². The van der Waals surface area contributed by atoms with Crippen LogP contribution in [0.5, 0.6) is 0 Å². The largest absolute Gasteiger partial charge is 0.353 e. The van der Waals surface area contributed by atoms with E-state index in [0.29, 0.717) is 17.4 Å². The van der Waals surface area contributed by atoms with Crippen LogP contribution < -0.4 is 10.2 Å². The number of rotatable bonds is 5. The first-order valence-electron chi connectivity index (χ1n) is 10.4. The maximum Gasteiger partial charge on any atom is 0.257 e. The highest BCUT2D eigenvalue weighted by Crippen LogP contribution is 2.23. The molecule has 1 saturated heterocycles. The monoisotopic (exact) mass is 428 g/mol. The number of pyridine rings is 3. The van der Waals surface area contributed by atoms with E-state index in [4.69, 9.17) is 4.98 Å². The summed E-state index contributed by atoms with van der Waals surface area (Å²) >= 11 is 0. The van der Waals surface area contributed by atoms with Crippen LogP contribution in [0.3, 0.4) is 0 Å². The van der Waals surface area contributed by atoms with Crippen LogP contribution >= 0.6 is 0 Å². The molecule has 5 rings (SSSR count). The minimum atomic E-state index is -0.228. The van der Waals surface area contributed by atoms with Gasteiger partial charge in [-0.3, -0.25) is 9.48 Å². The van der Waals surface area contributed by atoms with Gasteiger partial charge in [0.25, 0.3) is 5.91 Å². The molecule has 0 aromatic carbocycles. The first-order chi connectivity index (χ1) is 15.5. The second-order valence-electron chi connectivity index (χ2n) is 8.24. The molecule has 1 N–H and O–H groups in total. The normalized spacial score (nSPS) is 14.1. The quantitative estimate of drug-likeness (QED) is 0.522. The van der Waals surface area contributed by atoms with Gasteiger partial charge in [0.1, 0.15) is 11.6 Å². The third kappa shape index (κ3) is 3.90. The van der Waals surface area contributed by atoms with Crippen molar-refractivity contribution in [1.29, 1.82) is 0 Å². The number of amides is 1. The molecule has 1 fully saturated rings. The number of hydrogen-bond acceptors (Lipinski definition) is 7. The van der Waals surface area contributed by atoms with Crippen LogP contribution in [0.15, 0.2) is 55.1 Å². The van der Waals surface area contributed by atoms with E-state index in [1.807, 2.05) is 31.4 Å². The molecular formula is C23H24N8O. The molecule has 4 aromatic heterocycles. The summed E-state index contributed by atoms with van der Waals surface area (Å²) in [5.74, 6) is 1.03. The molecule has 32 heavy (non-hydrogen) atoms. The molecule has 1 amide bonds. The van der Waals surface area contributed by atoms with Crippen LogP contribution in [0.25, 0.3) is 22.2 Å². The second kappa shape index (κ2) is 8.01. The SMILES string of the molecule is CN(C)C1CN(c2cc(C(=O)Nc3cc4nc(-c5cnn(C)c5)ccc4cn3)ccn2)C1. The topological polar surface area (TPSA) is 92.1 Å². The van der Waals surface area contributed by atoms with Crippen molar-refractivity contribution < 1.29 is 4.79 Å². The Morgan fingerprint density at radius 2 is 1.97 bits per heavy atom. The lowest BCUT2D eigenvalue weighted by Gasteiger charge is -2.43. The Kier molecular flexibility index (Phi) is 5.02. The van der Waals surface area contributed by atoms with Gasteiger partial charge in [0.05, 0.1) is 17.4 Å². The van der Waals surface area contributed by atoms with Gasteiger partial charge in [0, 0.05) is 67.3 Å². The van der Waals surface area contributed by atoms with E-state index in [0.717, 1.165) is 41.1 Å². The number of likely N-dealkylation sites (N-methyl/N-ethyl adjacent to an activating group) is 1. The summed E-state index contributed by atoms with van der Waals surface area (Å²) in [6.45, 7) is 1.81. The molecule has 1 aliphatic heterocycles. The molecule has 0 saturated carbocycles. The maximum atomic E-state index is 12.9. The van der Waals surface area contributed by atoms with Crippen LogP contribution in [0, 0.1) is 0 Å². The fourth-order valence-electron chi connectivity index (χ4n) is 3.69. The van der Waals surface area contributed by atoms with Gasteiger partial charge in [-0.25, -0.2) is 15.0 Å². The molecule has 0 bridgehead atoms. The van der Waals surface area contributed by atoms with Crippen LogP contribution in [0.4, 0.5) is 11.6 Å². The molecular weight excluding hydrogens is 404 g/mol. The molecule has 0 atom stereocenters. The average Bonchev–Trinajstić information content (AvgIpc) is 3.18. The van der Waals surface area contributed by atoms with Crippen molar-refractivity contribution in [3.8, 4) is 11.3 Å². The Bertz CT molecular complexity index is 1290. The zero-order valence-corrected chi connectivity index (χ0v) is 18.2. The minimum Gasteiger partial charge on any atom is -0.353 e.